The van der Waals surface area contributed by atoms with Gasteiger partial charge in [0, 0.05) is 18.7 Å². The molecular weight excluding hydrogens is 396 g/mol. The molecule has 3 amide bonds. The van der Waals surface area contributed by atoms with E-state index in [1.807, 2.05) is 36.4 Å². The molecule has 0 spiro atoms. The van der Waals surface area contributed by atoms with Crippen LogP contribution >= 0.6 is 0 Å². The van der Waals surface area contributed by atoms with E-state index in [2.05, 4.69) is 21.3 Å². The molecule has 1 atom stereocenters. The van der Waals surface area contributed by atoms with Crippen LogP contribution in [0.3, 0.4) is 0 Å². The molecule has 0 aliphatic carbocycles. The maximum atomic E-state index is 12.1. The number of methoxy groups -OCH3 is 1. The van der Waals surface area contributed by atoms with Crippen molar-refractivity contribution in [3.05, 3.63) is 71.8 Å². The molecule has 0 heterocycles. The lowest BCUT2D eigenvalue weighted by Crippen LogP contribution is -2.44. The van der Waals surface area contributed by atoms with Crippen molar-refractivity contribution >= 4 is 17.9 Å². The second-order valence-electron chi connectivity index (χ2n) is 6.92. The Morgan fingerprint density at radius 2 is 1.55 bits per heavy atom. The number of nitrogens with one attached hydrogen (secondary N) is 4. The van der Waals surface area contributed by atoms with Gasteiger partial charge in [-0.15, -0.1) is 0 Å². The fraction of sp³-hybridized carbons (Fsp3) is 0.348. The normalized spacial score (nSPS) is 11.3. The maximum absolute atomic E-state index is 12.1. The topological polar surface area (TPSA) is 109 Å². The average molecular weight is 427 g/mol. The van der Waals surface area contributed by atoms with Gasteiger partial charge in [-0.05, 0) is 37.0 Å². The highest BCUT2D eigenvalue weighted by atomic mass is 16.5. The molecular formula is C23H30N4O4. The van der Waals surface area contributed by atoms with Crippen LogP contribution in [0.4, 0.5) is 4.79 Å². The monoisotopic (exact) mass is 426 g/mol. The zero-order valence-electron chi connectivity index (χ0n) is 17.7. The Morgan fingerprint density at radius 3 is 2.23 bits per heavy atom. The molecule has 0 aromatic heterocycles. The van der Waals surface area contributed by atoms with E-state index >= 15 is 0 Å². The summed E-state index contributed by atoms with van der Waals surface area (Å²) in [5.74, 6) is -0.607. The molecule has 0 bridgehead atoms. The van der Waals surface area contributed by atoms with Gasteiger partial charge in [0.25, 0.3) is 5.91 Å². The van der Waals surface area contributed by atoms with E-state index in [1.54, 1.807) is 24.3 Å². The van der Waals surface area contributed by atoms with Crippen molar-refractivity contribution in [1.82, 2.24) is 21.3 Å². The van der Waals surface area contributed by atoms with Gasteiger partial charge < -0.3 is 20.7 Å². The second kappa shape index (κ2) is 13.8. The van der Waals surface area contributed by atoms with Crippen molar-refractivity contribution in [3.63, 3.8) is 0 Å². The first-order valence-corrected chi connectivity index (χ1v) is 10.3. The molecule has 4 N–H and O–H groups in total. The lowest BCUT2D eigenvalue weighted by Gasteiger charge is -2.17. The number of ether oxygens (including phenoxy) is 1. The molecule has 2 rings (SSSR count). The number of rotatable bonds is 12. The van der Waals surface area contributed by atoms with Crippen LogP contribution in [0.5, 0.6) is 0 Å². The number of hydrogen-bond acceptors (Lipinski definition) is 5. The molecule has 0 aliphatic rings. The van der Waals surface area contributed by atoms with Gasteiger partial charge in [0.05, 0.1) is 13.8 Å². The van der Waals surface area contributed by atoms with Gasteiger partial charge in [0.2, 0.25) is 0 Å². The predicted molar refractivity (Wildman–Crippen MR) is 118 cm³/mol. The van der Waals surface area contributed by atoms with E-state index in [-0.39, 0.29) is 24.6 Å². The fourth-order valence-electron chi connectivity index (χ4n) is 2.91. The summed E-state index contributed by atoms with van der Waals surface area (Å²) in [5.41, 5.74) is 1.58. The molecule has 2 aromatic carbocycles. The van der Waals surface area contributed by atoms with Gasteiger partial charge in [0.1, 0.15) is 6.04 Å². The first-order valence-electron chi connectivity index (χ1n) is 10.3. The number of urea groups is 1. The van der Waals surface area contributed by atoms with Crippen LogP contribution in [-0.2, 0) is 16.1 Å². The van der Waals surface area contributed by atoms with E-state index in [0.717, 1.165) is 5.56 Å². The summed E-state index contributed by atoms with van der Waals surface area (Å²) in [6.45, 7) is 1.11. The van der Waals surface area contributed by atoms with Crippen LogP contribution in [0.25, 0.3) is 0 Å². The first kappa shape index (κ1) is 23.9. The number of unbranched alkanes of at least 4 members (excludes halogenated alkanes) is 1. The highest BCUT2D eigenvalue weighted by Crippen LogP contribution is 2.03. The van der Waals surface area contributed by atoms with Crippen molar-refractivity contribution in [1.29, 1.82) is 0 Å². The third kappa shape index (κ3) is 9.31. The lowest BCUT2D eigenvalue weighted by atomic mass is 10.1. The molecule has 2 aromatic rings. The van der Waals surface area contributed by atoms with Crippen molar-refractivity contribution in [2.75, 3.05) is 20.3 Å². The van der Waals surface area contributed by atoms with Gasteiger partial charge in [-0.25, -0.2) is 4.79 Å². The molecule has 0 aliphatic heterocycles. The Balaban J connectivity index is 1.61. The summed E-state index contributed by atoms with van der Waals surface area (Å²) < 4.78 is 4.83. The average Bonchev–Trinajstić information content (AvgIpc) is 2.82. The van der Waals surface area contributed by atoms with E-state index in [0.29, 0.717) is 37.9 Å². The van der Waals surface area contributed by atoms with Crippen LogP contribution in [0.15, 0.2) is 60.7 Å². The Bertz CT molecular complexity index is 815. The predicted octanol–water partition coefficient (Wildman–Crippen LogP) is 2.17. The van der Waals surface area contributed by atoms with Crippen molar-refractivity contribution in [2.45, 2.75) is 31.8 Å². The van der Waals surface area contributed by atoms with Gasteiger partial charge >= 0.3 is 12.0 Å². The summed E-state index contributed by atoms with van der Waals surface area (Å²) in [5, 5.41) is 11.3. The van der Waals surface area contributed by atoms with Crippen LogP contribution < -0.4 is 21.3 Å². The molecule has 8 nitrogen and oxygen atoms in total. The molecule has 8 heteroatoms. The van der Waals surface area contributed by atoms with Crippen LogP contribution in [0.2, 0.25) is 0 Å². The van der Waals surface area contributed by atoms with Crippen LogP contribution in [0.1, 0.15) is 35.2 Å². The smallest absolute Gasteiger partial charge is 0.322 e. The maximum Gasteiger partial charge on any atom is 0.322 e. The van der Waals surface area contributed by atoms with Gasteiger partial charge in [-0.3, -0.25) is 14.9 Å². The van der Waals surface area contributed by atoms with Crippen LogP contribution in [0, 0.1) is 0 Å². The SMILES string of the molecule is COC(=O)C(CCCCNC(=O)NCc1ccccc1)NCNC(=O)c1ccccc1. The fourth-order valence-corrected chi connectivity index (χ4v) is 2.91. The van der Waals surface area contributed by atoms with E-state index in [9.17, 15) is 14.4 Å². The third-order valence-electron chi connectivity index (χ3n) is 4.62. The molecule has 0 saturated heterocycles. The third-order valence-corrected chi connectivity index (χ3v) is 4.62. The minimum atomic E-state index is -0.534. The van der Waals surface area contributed by atoms with E-state index in [4.69, 9.17) is 4.74 Å². The Hall–Kier alpha value is -3.39. The molecule has 31 heavy (non-hydrogen) atoms. The van der Waals surface area contributed by atoms with E-state index < -0.39 is 6.04 Å². The minimum Gasteiger partial charge on any atom is -0.468 e. The molecule has 0 saturated carbocycles. The summed E-state index contributed by atoms with van der Waals surface area (Å²) in [6.07, 6.45) is 1.95. The van der Waals surface area contributed by atoms with Crippen molar-refractivity contribution in [2.24, 2.45) is 0 Å². The first-order chi connectivity index (χ1) is 15.1. The van der Waals surface area contributed by atoms with Gasteiger partial charge in [-0.2, -0.15) is 0 Å². The Kier molecular flexibility index (Phi) is 10.6. The van der Waals surface area contributed by atoms with E-state index in [1.165, 1.54) is 7.11 Å². The number of carbonyl (C=O) groups is 3. The molecule has 1 unspecified atom stereocenters. The summed E-state index contributed by atoms with van der Waals surface area (Å²) >= 11 is 0. The molecule has 0 radical (unpaired) electrons. The summed E-state index contributed by atoms with van der Waals surface area (Å²) in [4.78, 5) is 35.9. The standard InChI is InChI=1S/C23H30N4O4/c1-31-22(29)20(26-17-27-21(28)19-12-6-3-7-13-19)14-8-9-15-24-23(30)25-16-18-10-4-2-5-11-18/h2-7,10-13,20,26H,8-9,14-17H2,1H3,(H,27,28)(H2,24,25,30). The highest BCUT2D eigenvalue weighted by Gasteiger charge is 2.18. The zero-order valence-corrected chi connectivity index (χ0v) is 17.7. The van der Waals surface area contributed by atoms with Crippen molar-refractivity contribution in [3.8, 4) is 0 Å². The van der Waals surface area contributed by atoms with Gasteiger partial charge in [0.15, 0.2) is 0 Å². The Labute approximate surface area is 182 Å². The number of esters is 1. The summed E-state index contributed by atoms with van der Waals surface area (Å²) in [6, 6.07) is 17.8. The number of hydrogen-bond donors (Lipinski definition) is 4. The Morgan fingerprint density at radius 1 is 0.871 bits per heavy atom. The van der Waals surface area contributed by atoms with Gasteiger partial charge in [-0.1, -0.05) is 48.5 Å². The summed E-state index contributed by atoms with van der Waals surface area (Å²) in [7, 11) is 1.33. The highest BCUT2D eigenvalue weighted by molar-refractivity contribution is 5.94. The second-order valence-corrected chi connectivity index (χ2v) is 6.92. The lowest BCUT2D eigenvalue weighted by molar-refractivity contribution is -0.143. The minimum absolute atomic E-state index is 0.146. The number of carbonyl (C=O) groups excluding carboxylic acids is 3. The molecule has 0 fully saturated rings. The largest absolute Gasteiger partial charge is 0.468 e. The number of amides is 3. The van der Waals surface area contributed by atoms with Crippen LogP contribution in [-0.4, -0.2) is 44.3 Å². The number of benzene rings is 2. The zero-order chi connectivity index (χ0) is 22.3. The molecule has 166 valence electrons. The quantitative estimate of drug-likeness (QED) is 0.236. The van der Waals surface area contributed by atoms with Crippen molar-refractivity contribution < 1.29 is 19.1 Å².